The highest BCUT2D eigenvalue weighted by Gasteiger charge is 2.17. The smallest absolute Gasteiger partial charge is 0.431 e. The molecular formula is C12H22O12. The maximum atomic E-state index is 11.2. The molecule has 0 saturated heterocycles. The Morgan fingerprint density at radius 2 is 1.04 bits per heavy atom. The summed E-state index contributed by atoms with van der Waals surface area (Å²) in [5, 5.41) is 34.7. The van der Waals surface area contributed by atoms with Crippen LogP contribution in [0, 0.1) is 0 Å². The van der Waals surface area contributed by atoms with E-state index in [1.54, 1.807) is 0 Å². The highest BCUT2D eigenvalue weighted by atomic mass is 16.8. The molecule has 0 aromatic heterocycles. The van der Waals surface area contributed by atoms with E-state index < -0.39 is 38.1 Å². The predicted octanol–water partition coefficient (Wildman–Crippen LogP) is -2.05. The van der Waals surface area contributed by atoms with E-state index in [1.165, 1.54) is 0 Å². The lowest BCUT2D eigenvalue weighted by molar-refractivity contribution is -0.152. The Morgan fingerprint density at radius 1 is 0.667 bits per heavy atom. The van der Waals surface area contributed by atoms with Gasteiger partial charge in [0.2, 0.25) is 12.6 Å². The molecule has 4 N–H and O–H groups in total. The first-order valence-electron chi connectivity index (χ1n) is 6.90. The molecule has 2 atom stereocenters. The number of rotatable bonds is 13. The summed E-state index contributed by atoms with van der Waals surface area (Å²) in [5.74, 6) is 0. The summed E-state index contributed by atoms with van der Waals surface area (Å²) < 4.78 is 27.7. The van der Waals surface area contributed by atoms with E-state index in [1.807, 2.05) is 0 Å². The Balaban J connectivity index is 3.82. The number of hydrogen-bond acceptors (Lipinski definition) is 12. The SMILES string of the molecule is O=C(OCCOC(=O)OC(CO)OCCO)OC(CO)OCCO. The minimum absolute atomic E-state index is 0.141. The Bertz CT molecular complexity index is 304. The maximum Gasteiger partial charge on any atom is 0.510 e. The lowest BCUT2D eigenvalue weighted by Gasteiger charge is -2.16. The van der Waals surface area contributed by atoms with E-state index in [-0.39, 0.29) is 39.6 Å². The lowest BCUT2D eigenvalue weighted by atomic mass is 10.6. The van der Waals surface area contributed by atoms with Crippen LogP contribution in [0.3, 0.4) is 0 Å². The van der Waals surface area contributed by atoms with Gasteiger partial charge in [-0.15, -0.1) is 0 Å². The molecular weight excluding hydrogens is 336 g/mol. The van der Waals surface area contributed by atoms with Gasteiger partial charge in [-0.2, -0.15) is 0 Å². The minimum atomic E-state index is -1.29. The van der Waals surface area contributed by atoms with Gasteiger partial charge in [-0.25, -0.2) is 9.59 Å². The van der Waals surface area contributed by atoms with Gasteiger partial charge in [0.25, 0.3) is 0 Å². The van der Waals surface area contributed by atoms with Crippen LogP contribution in [0.1, 0.15) is 0 Å². The van der Waals surface area contributed by atoms with E-state index in [4.69, 9.17) is 29.9 Å². The van der Waals surface area contributed by atoms with Gasteiger partial charge in [-0.05, 0) is 0 Å². The topological polar surface area (TPSA) is 170 Å². The van der Waals surface area contributed by atoms with Crippen LogP contribution in [-0.2, 0) is 28.4 Å². The van der Waals surface area contributed by atoms with Gasteiger partial charge in [-0.1, -0.05) is 0 Å². The first kappa shape index (κ1) is 22.3. The van der Waals surface area contributed by atoms with Crippen molar-refractivity contribution in [3.05, 3.63) is 0 Å². The summed E-state index contributed by atoms with van der Waals surface area (Å²) in [6.07, 6.45) is -4.93. The van der Waals surface area contributed by atoms with Crippen molar-refractivity contribution in [2.75, 3.05) is 52.9 Å². The van der Waals surface area contributed by atoms with Gasteiger partial charge in [0.15, 0.2) is 0 Å². The van der Waals surface area contributed by atoms with Gasteiger partial charge in [0, 0.05) is 0 Å². The summed E-state index contributed by atoms with van der Waals surface area (Å²) in [7, 11) is 0. The van der Waals surface area contributed by atoms with E-state index in [9.17, 15) is 9.59 Å². The highest BCUT2D eigenvalue weighted by molar-refractivity contribution is 5.60. The standard InChI is InChI=1S/C12H22O12/c13-1-3-19-9(7-15)23-11(17)21-5-6-22-12(18)24-10(8-16)20-4-2-14/h9-10,13-16H,1-8H2. The largest absolute Gasteiger partial charge is 0.510 e. The van der Waals surface area contributed by atoms with Gasteiger partial charge in [0.05, 0.1) is 26.4 Å². The summed E-state index contributed by atoms with van der Waals surface area (Å²) in [5.41, 5.74) is 0. The Morgan fingerprint density at radius 3 is 1.33 bits per heavy atom. The van der Waals surface area contributed by atoms with Gasteiger partial charge < -0.3 is 48.8 Å². The molecule has 0 aliphatic carbocycles. The predicted molar refractivity (Wildman–Crippen MR) is 72.7 cm³/mol. The summed E-state index contributed by atoms with van der Waals surface area (Å²) in [6.45, 7) is -2.91. The highest BCUT2D eigenvalue weighted by Crippen LogP contribution is 1.99. The normalized spacial score (nSPS) is 13.0. The van der Waals surface area contributed by atoms with Crippen LogP contribution >= 0.6 is 0 Å². The summed E-state index contributed by atoms with van der Waals surface area (Å²) in [4.78, 5) is 22.4. The van der Waals surface area contributed by atoms with Gasteiger partial charge >= 0.3 is 12.3 Å². The molecule has 24 heavy (non-hydrogen) atoms. The number of hydrogen-bond donors (Lipinski definition) is 4. The zero-order valence-corrected chi connectivity index (χ0v) is 12.9. The fourth-order valence-electron chi connectivity index (χ4n) is 1.15. The fraction of sp³-hybridized carbons (Fsp3) is 0.833. The molecule has 2 unspecified atom stereocenters. The van der Waals surface area contributed by atoms with E-state index in [2.05, 4.69) is 18.9 Å². The quantitative estimate of drug-likeness (QED) is 0.162. The molecule has 0 bridgehead atoms. The van der Waals surface area contributed by atoms with Crippen LogP contribution in [0.5, 0.6) is 0 Å². The van der Waals surface area contributed by atoms with Crippen molar-refractivity contribution < 1.29 is 58.4 Å². The molecule has 0 spiro atoms. The third-order valence-electron chi connectivity index (χ3n) is 2.07. The van der Waals surface area contributed by atoms with Crippen LogP contribution in [0.4, 0.5) is 9.59 Å². The first-order valence-corrected chi connectivity index (χ1v) is 6.90. The molecule has 142 valence electrons. The molecule has 0 amide bonds. The Labute approximate surface area is 137 Å². The second kappa shape index (κ2) is 14.9. The Kier molecular flexibility index (Phi) is 13.8. The van der Waals surface area contributed by atoms with E-state index >= 15 is 0 Å². The summed E-state index contributed by atoms with van der Waals surface area (Å²) >= 11 is 0. The third-order valence-corrected chi connectivity index (χ3v) is 2.07. The molecule has 0 radical (unpaired) electrons. The molecule has 0 fully saturated rings. The van der Waals surface area contributed by atoms with Crippen molar-refractivity contribution in [2.45, 2.75) is 12.6 Å². The van der Waals surface area contributed by atoms with Crippen molar-refractivity contribution in [3.63, 3.8) is 0 Å². The van der Waals surface area contributed by atoms with Crippen LogP contribution in [0.15, 0.2) is 0 Å². The number of aliphatic hydroxyl groups excluding tert-OH is 4. The van der Waals surface area contributed by atoms with E-state index in [0.29, 0.717) is 0 Å². The van der Waals surface area contributed by atoms with Crippen molar-refractivity contribution in [2.24, 2.45) is 0 Å². The Hall–Kier alpha value is -1.70. The molecule has 0 heterocycles. The third kappa shape index (κ3) is 11.8. The number of carbonyl (C=O) groups excluding carboxylic acids is 2. The molecule has 0 aliphatic rings. The first-order chi connectivity index (χ1) is 11.6. The molecule has 0 aromatic rings. The maximum absolute atomic E-state index is 11.2. The van der Waals surface area contributed by atoms with Crippen LogP contribution in [0.2, 0.25) is 0 Å². The minimum Gasteiger partial charge on any atom is -0.431 e. The molecule has 12 nitrogen and oxygen atoms in total. The average molecular weight is 358 g/mol. The fourth-order valence-corrected chi connectivity index (χ4v) is 1.15. The molecule has 12 heteroatoms. The second-order valence-electron chi connectivity index (χ2n) is 3.85. The van der Waals surface area contributed by atoms with Crippen molar-refractivity contribution in [1.82, 2.24) is 0 Å². The van der Waals surface area contributed by atoms with Crippen molar-refractivity contribution in [1.29, 1.82) is 0 Å². The zero-order chi connectivity index (χ0) is 18.2. The van der Waals surface area contributed by atoms with Crippen LogP contribution < -0.4 is 0 Å². The molecule has 0 rings (SSSR count). The van der Waals surface area contributed by atoms with Gasteiger partial charge in [0.1, 0.15) is 26.4 Å². The average Bonchev–Trinajstić information content (AvgIpc) is 2.58. The lowest BCUT2D eigenvalue weighted by Crippen LogP contribution is -2.28. The molecule has 0 aliphatic heterocycles. The molecule has 0 aromatic carbocycles. The monoisotopic (exact) mass is 358 g/mol. The van der Waals surface area contributed by atoms with Gasteiger partial charge in [-0.3, -0.25) is 0 Å². The zero-order valence-electron chi connectivity index (χ0n) is 12.9. The van der Waals surface area contributed by atoms with Crippen LogP contribution in [-0.4, -0.2) is 98.2 Å². The number of aliphatic hydroxyl groups is 4. The summed E-state index contributed by atoms with van der Waals surface area (Å²) in [6, 6.07) is 0. The van der Waals surface area contributed by atoms with Crippen molar-refractivity contribution >= 4 is 12.3 Å². The van der Waals surface area contributed by atoms with Crippen LogP contribution in [0.25, 0.3) is 0 Å². The second-order valence-corrected chi connectivity index (χ2v) is 3.85. The molecule has 0 saturated carbocycles. The number of ether oxygens (including phenoxy) is 6. The number of carbonyl (C=O) groups is 2. The van der Waals surface area contributed by atoms with E-state index in [0.717, 1.165) is 0 Å². The van der Waals surface area contributed by atoms with Crippen molar-refractivity contribution in [3.8, 4) is 0 Å².